The van der Waals surface area contributed by atoms with Gasteiger partial charge in [0.25, 0.3) is 11.8 Å². The van der Waals surface area contributed by atoms with Crippen molar-refractivity contribution in [3.05, 3.63) is 47.3 Å². The lowest BCUT2D eigenvalue weighted by molar-refractivity contribution is -0.274. The molecule has 0 aliphatic carbocycles. The first-order valence-corrected chi connectivity index (χ1v) is 6.24. The van der Waals surface area contributed by atoms with Crippen LogP contribution in [0.5, 0.6) is 5.75 Å². The normalized spacial score (nSPS) is 11.0. The molecule has 1 aromatic carbocycles. The van der Waals surface area contributed by atoms with Crippen LogP contribution in [0.4, 0.5) is 13.2 Å². The third-order valence-corrected chi connectivity index (χ3v) is 2.59. The highest BCUT2D eigenvalue weighted by Gasteiger charge is 2.32. The Bertz CT molecular complexity index is 727. The van der Waals surface area contributed by atoms with E-state index < -0.39 is 23.9 Å². The molecule has 0 aliphatic rings. The van der Waals surface area contributed by atoms with Crippen molar-refractivity contribution >= 4 is 11.8 Å². The Labute approximate surface area is 127 Å². The standard InChI is InChI=1S/C13H11F3N4O3/c1-7-6-9(18-17-7)12(22)20-19-11(21)8-4-2-3-5-10(8)23-13(14,15)16/h2-6H,1H3,(H,17,18)(H,19,21)(H,20,22). The zero-order chi connectivity index (χ0) is 17.0. The van der Waals surface area contributed by atoms with Crippen molar-refractivity contribution in [2.45, 2.75) is 13.3 Å². The molecule has 2 amide bonds. The van der Waals surface area contributed by atoms with Gasteiger partial charge in [-0.25, -0.2) is 0 Å². The number of carbonyl (C=O) groups excluding carboxylic acids is 2. The van der Waals surface area contributed by atoms with Gasteiger partial charge in [0.15, 0.2) is 5.69 Å². The summed E-state index contributed by atoms with van der Waals surface area (Å²) in [6.45, 7) is 1.67. The van der Waals surface area contributed by atoms with Gasteiger partial charge in [0.1, 0.15) is 5.75 Å². The van der Waals surface area contributed by atoms with Crippen LogP contribution in [-0.2, 0) is 0 Å². The predicted octanol–water partition coefficient (Wildman–Crippen LogP) is 1.69. The Morgan fingerprint density at radius 3 is 2.43 bits per heavy atom. The second-order valence-corrected chi connectivity index (χ2v) is 4.39. The van der Waals surface area contributed by atoms with Gasteiger partial charge >= 0.3 is 6.36 Å². The summed E-state index contributed by atoms with van der Waals surface area (Å²) in [5.74, 6) is -2.37. The minimum Gasteiger partial charge on any atom is -0.405 e. The summed E-state index contributed by atoms with van der Waals surface area (Å²) in [4.78, 5) is 23.6. The van der Waals surface area contributed by atoms with Crippen LogP contribution >= 0.6 is 0 Å². The summed E-state index contributed by atoms with van der Waals surface area (Å²) >= 11 is 0. The number of alkyl halides is 3. The van der Waals surface area contributed by atoms with Crippen LogP contribution in [0.25, 0.3) is 0 Å². The lowest BCUT2D eigenvalue weighted by Crippen LogP contribution is -2.42. The number of hydrogen-bond acceptors (Lipinski definition) is 4. The number of aromatic amines is 1. The highest BCUT2D eigenvalue weighted by molar-refractivity contribution is 5.99. The number of aryl methyl sites for hydroxylation is 1. The number of hydrogen-bond donors (Lipinski definition) is 3. The summed E-state index contributed by atoms with van der Waals surface area (Å²) in [5.41, 5.74) is 4.30. The van der Waals surface area contributed by atoms with Crippen molar-refractivity contribution in [1.29, 1.82) is 0 Å². The van der Waals surface area contributed by atoms with E-state index in [0.29, 0.717) is 5.69 Å². The molecule has 0 radical (unpaired) electrons. The van der Waals surface area contributed by atoms with E-state index in [-0.39, 0.29) is 11.3 Å². The molecule has 122 valence electrons. The monoisotopic (exact) mass is 328 g/mol. The summed E-state index contributed by atoms with van der Waals surface area (Å²) < 4.78 is 40.6. The van der Waals surface area contributed by atoms with Crippen LogP contribution in [0.3, 0.4) is 0 Å². The molecule has 2 rings (SSSR count). The molecule has 0 saturated heterocycles. The number of H-pyrrole nitrogens is 1. The average molecular weight is 328 g/mol. The smallest absolute Gasteiger partial charge is 0.405 e. The molecule has 0 spiro atoms. The van der Waals surface area contributed by atoms with Crippen LogP contribution in [0.1, 0.15) is 26.5 Å². The van der Waals surface area contributed by atoms with E-state index in [9.17, 15) is 22.8 Å². The first-order valence-electron chi connectivity index (χ1n) is 6.24. The van der Waals surface area contributed by atoms with Crippen LogP contribution < -0.4 is 15.6 Å². The largest absolute Gasteiger partial charge is 0.573 e. The molecule has 23 heavy (non-hydrogen) atoms. The number of nitrogens with one attached hydrogen (secondary N) is 3. The lowest BCUT2D eigenvalue weighted by Gasteiger charge is -2.13. The molecule has 0 unspecified atom stereocenters. The van der Waals surface area contributed by atoms with Crippen LogP contribution in [0, 0.1) is 6.92 Å². The fourth-order valence-electron chi connectivity index (χ4n) is 1.65. The molecule has 0 bridgehead atoms. The van der Waals surface area contributed by atoms with Gasteiger partial charge in [-0.3, -0.25) is 25.5 Å². The first-order chi connectivity index (χ1) is 10.8. The SMILES string of the molecule is Cc1cc(C(=O)NNC(=O)c2ccccc2OC(F)(F)F)n[nH]1. The number of carbonyl (C=O) groups is 2. The maximum absolute atomic E-state index is 12.3. The van der Waals surface area contributed by atoms with Crippen molar-refractivity contribution < 1.29 is 27.5 Å². The molecule has 0 aliphatic heterocycles. The minimum atomic E-state index is -4.94. The number of para-hydroxylation sites is 1. The molecule has 7 nitrogen and oxygen atoms in total. The average Bonchev–Trinajstić information content (AvgIpc) is 2.90. The van der Waals surface area contributed by atoms with Crippen molar-refractivity contribution in [3.63, 3.8) is 0 Å². The minimum absolute atomic E-state index is 0.0163. The van der Waals surface area contributed by atoms with Gasteiger partial charge < -0.3 is 4.74 Å². The Kier molecular flexibility index (Phi) is 4.53. The quantitative estimate of drug-likeness (QED) is 0.747. The van der Waals surface area contributed by atoms with Gasteiger partial charge in [0.2, 0.25) is 0 Å². The maximum Gasteiger partial charge on any atom is 0.573 e. The predicted molar refractivity (Wildman–Crippen MR) is 71.4 cm³/mol. The van der Waals surface area contributed by atoms with E-state index in [1.165, 1.54) is 18.2 Å². The second-order valence-electron chi connectivity index (χ2n) is 4.39. The van der Waals surface area contributed by atoms with E-state index >= 15 is 0 Å². The summed E-state index contributed by atoms with van der Waals surface area (Å²) in [7, 11) is 0. The highest BCUT2D eigenvalue weighted by atomic mass is 19.4. The summed E-state index contributed by atoms with van der Waals surface area (Å²) in [5, 5.41) is 6.21. The number of aromatic nitrogens is 2. The topological polar surface area (TPSA) is 96.1 Å². The van der Waals surface area contributed by atoms with E-state index in [1.54, 1.807) is 6.92 Å². The van der Waals surface area contributed by atoms with E-state index in [4.69, 9.17) is 0 Å². The number of benzene rings is 1. The number of rotatable bonds is 3. The van der Waals surface area contributed by atoms with Gasteiger partial charge in [-0.15, -0.1) is 13.2 Å². The summed E-state index contributed by atoms with van der Waals surface area (Å²) in [6.07, 6.45) is -4.94. The van der Waals surface area contributed by atoms with Crippen LogP contribution in [0.2, 0.25) is 0 Å². The molecule has 10 heteroatoms. The highest BCUT2D eigenvalue weighted by Crippen LogP contribution is 2.25. The third kappa shape index (κ3) is 4.46. The Balaban J connectivity index is 2.05. The van der Waals surface area contributed by atoms with Gasteiger partial charge in [0, 0.05) is 5.69 Å². The molecule has 0 atom stereocenters. The zero-order valence-corrected chi connectivity index (χ0v) is 11.7. The van der Waals surface area contributed by atoms with Crippen LogP contribution in [-0.4, -0.2) is 28.4 Å². The molecule has 2 aromatic rings. The van der Waals surface area contributed by atoms with Gasteiger partial charge in [-0.2, -0.15) is 5.10 Å². The lowest BCUT2D eigenvalue weighted by atomic mass is 10.2. The van der Waals surface area contributed by atoms with E-state index in [1.807, 2.05) is 10.9 Å². The Morgan fingerprint density at radius 2 is 1.83 bits per heavy atom. The molecular weight excluding hydrogens is 317 g/mol. The first kappa shape index (κ1) is 16.3. The van der Waals surface area contributed by atoms with Crippen LogP contribution in [0.15, 0.2) is 30.3 Å². The van der Waals surface area contributed by atoms with Crippen molar-refractivity contribution in [3.8, 4) is 5.75 Å². The number of halogens is 3. The molecule has 1 aromatic heterocycles. The number of nitrogens with zero attached hydrogens (tertiary/aromatic N) is 1. The zero-order valence-electron chi connectivity index (χ0n) is 11.7. The molecule has 0 saturated carbocycles. The number of hydrazine groups is 1. The van der Waals surface area contributed by atoms with E-state index in [2.05, 4.69) is 14.9 Å². The van der Waals surface area contributed by atoms with Gasteiger partial charge in [-0.1, -0.05) is 12.1 Å². The Morgan fingerprint density at radius 1 is 1.17 bits per heavy atom. The van der Waals surface area contributed by atoms with Crippen molar-refractivity contribution in [2.24, 2.45) is 0 Å². The van der Waals surface area contributed by atoms with Gasteiger partial charge in [0.05, 0.1) is 5.56 Å². The fourth-order valence-corrected chi connectivity index (χ4v) is 1.65. The maximum atomic E-state index is 12.3. The Hall–Kier alpha value is -3.04. The molecular formula is C13H11F3N4O3. The summed E-state index contributed by atoms with van der Waals surface area (Å²) in [6, 6.07) is 6.19. The molecule has 0 fully saturated rings. The van der Waals surface area contributed by atoms with E-state index in [0.717, 1.165) is 12.1 Å². The van der Waals surface area contributed by atoms with Crippen molar-refractivity contribution in [2.75, 3.05) is 0 Å². The third-order valence-electron chi connectivity index (χ3n) is 2.59. The van der Waals surface area contributed by atoms with Gasteiger partial charge in [-0.05, 0) is 25.1 Å². The fraction of sp³-hybridized carbons (Fsp3) is 0.154. The number of amides is 2. The van der Waals surface area contributed by atoms with Crippen molar-refractivity contribution in [1.82, 2.24) is 21.0 Å². The number of ether oxygens (including phenoxy) is 1. The second kappa shape index (κ2) is 6.38. The molecule has 1 heterocycles. The molecule has 3 N–H and O–H groups in total.